The fourth-order valence-corrected chi connectivity index (χ4v) is 3.39. The van der Waals surface area contributed by atoms with E-state index >= 15 is 0 Å². The van der Waals surface area contributed by atoms with Crippen molar-refractivity contribution in [2.45, 2.75) is 24.2 Å². The highest BCUT2D eigenvalue weighted by Gasteiger charge is 2.63. The summed E-state index contributed by atoms with van der Waals surface area (Å²) in [6, 6.07) is 8.89. The Hall–Kier alpha value is -3.16. The van der Waals surface area contributed by atoms with E-state index in [4.69, 9.17) is 4.84 Å². The third-order valence-corrected chi connectivity index (χ3v) is 4.68. The van der Waals surface area contributed by atoms with Crippen molar-refractivity contribution in [2.24, 2.45) is 0 Å². The molecule has 2 aliphatic rings. The maximum absolute atomic E-state index is 13.6. The van der Waals surface area contributed by atoms with Gasteiger partial charge in [0, 0.05) is 25.2 Å². The van der Waals surface area contributed by atoms with E-state index in [2.05, 4.69) is 4.98 Å². The Bertz CT molecular complexity index is 887. The molecule has 0 radical (unpaired) electrons. The lowest BCUT2D eigenvalue weighted by molar-refractivity contribution is -0.200. The number of hydrogen-bond acceptors (Lipinski definition) is 5. The second-order valence-electron chi connectivity index (χ2n) is 6.36. The van der Waals surface area contributed by atoms with Crippen LogP contribution in [-0.2, 0) is 15.0 Å². The molecule has 1 aromatic carbocycles. The fourth-order valence-electron chi connectivity index (χ4n) is 3.39. The molecule has 1 aliphatic heterocycles. The van der Waals surface area contributed by atoms with Crippen LogP contribution in [0.3, 0.4) is 0 Å². The van der Waals surface area contributed by atoms with Gasteiger partial charge in [0.25, 0.3) is 17.7 Å². The normalized spacial score (nSPS) is 19.7. The number of hydroxylamine groups is 2. The molecule has 8 heteroatoms. The highest BCUT2D eigenvalue weighted by Crippen LogP contribution is 2.54. The number of alkyl halides is 2. The average molecular weight is 358 g/mol. The largest absolute Gasteiger partial charge is 0.344 e. The van der Waals surface area contributed by atoms with Gasteiger partial charge in [-0.1, -0.05) is 17.2 Å². The van der Waals surface area contributed by atoms with Crippen molar-refractivity contribution in [1.82, 2.24) is 10.0 Å². The maximum Gasteiger partial charge on any atom is 0.344 e. The van der Waals surface area contributed by atoms with Crippen molar-refractivity contribution in [3.8, 4) is 0 Å². The molecule has 0 unspecified atom stereocenters. The van der Waals surface area contributed by atoms with Crippen molar-refractivity contribution in [3.05, 3.63) is 65.5 Å². The van der Waals surface area contributed by atoms with Gasteiger partial charge in [-0.2, -0.15) is 0 Å². The summed E-state index contributed by atoms with van der Waals surface area (Å²) in [5.41, 5.74) is -1.12. The van der Waals surface area contributed by atoms with Gasteiger partial charge < -0.3 is 4.84 Å². The van der Waals surface area contributed by atoms with E-state index < -0.39 is 42.0 Å². The summed E-state index contributed by atoms with van der Waals surface area (Å²) in [5, 5.41) is 0.340. The number of imide groups is 1. The molecule has 0 spiro atoms. The minimum absolute atomic E-state index is 0.0993. The van der Waals surface area contributed by atoms with E-state index in [0.717, 1.165) is 0 Å². The second kappa shape index (κ2) is 5.42. The highest BCUT2D eigenvalue weighted by atomic mass is 19.3. The van der Waals surface area contributed by atoms with Crippen molar-refractivity contribution in [1.29, 1.82) is 0 Å². The molecule has 1 aliphatic carbocycles. The average Bonchev–Trinajstić information content (AvgIpc) is 2.85. The maximum atomic E-state index is 13.6. The number of rotatable bonds is 3. The zero-order valence-corrected chi connectivity index (χ0v) is 13.3. The third kappa shape index (κ3) is 2.29. The van der Waals surface area contributed by atoms with Gasteiger partial charge in [-0.25, -0.2) is 13.6 Å². The molecule has 0 atom stereocenters. The zero-order chi connectivity index (χ0) is 18.5. The monoisotopic (exact) mass is 358 g/mol. The topological polar surface area (TPSA) is 76.6 Å². The Morgan fingerprint density at radius 3 is 2.04 bits per heavy atom. The molecule has 6 nitrogen and oxygen atoms in total. The summed E-state index contributed by atoms with van der Waals surface area (Å²) >= 11 is 0. The minimum atomic E-state index is -3.02. The predicted octanol–water partition coefficient (Wildman–Crippen LogP) is 2.50. The number of nitrogens with zero attached hydrogens (tertiary/aromatic N) is 2. The van der Waals surface area contributed by atoms with Crippen molar-refractivity contribution in [3.63, 3.8) is 0 Å². The van der Waals surface area contributed by atoms with Gasteiger partial charge >= 0.3 is 5.97 Å². The van der Waals surface area contributed by atoms with Gasteiger partial charge in [-0.15, -0.1) is 0 Å². The minimum Gasteiger partial charge on any atom is -0.329 e. The summed E-state index contributed by atoms with van der Waals surface area (Å²) in [5.74, 6) is -5.68. The van der Waals surface area contributed by atoms with Gasteiger partial charge in [0.05, 0.1) is 11.1 Å². The van der Waals surface area contributed by atoms with Crippen LogP contribution in [0, 0.1) is 0 Å². The van der Waals surface area contributed by atoms with Gasteiger partial charge in [-0.3, -0.25) is 14.6 Å². The van der Waals surface area contributed by atoms with Crippen LogP contribution in [-0.4, -0.2) is 33.8 Å². The van der Waals surface area contributed by atoms with E-state index in [1.165, 1.54) is 36.7 Å². The van der Waals surface area contributed by atoms with Crippen molar-refractivity contribution < 1.29 is 28.0 Å². The van der Waals surface area contributed by atoms with Crippen LogP contribution >= 0.6 is 0 Å². The molecule has 0 N–H and O–H groups in total. The van der Waals surface area contributed by atoms with Crippen LogP contribution in [0.25, 0.3) is 0 Å². The Balaban J connectivity index is 1.63. The number of amides is 2. The first kappa shape index (κ1) is 16.3. The Labute approximate surface area is 146 Å². The molecular formula is C18H12F2N2O4. The van der Waals surface area contributed by atoms with Crippen LogP contribution in [0.1, 0.15) is 39.1 Å². The number of benzene rings is 1. The summed E-state index contributed by atoms with van der Waals surface area (Å²) in [6.07, 6.45) is 1.24. The molecule has 1 saturated carbocycles. The van der Waals surface area contributed by atoms with Crippen molar-refractivity contribution >= 4 is 17.8 Å². The third-order valence-electron chi connectivity index (χ3n) is 4.68. The van der Waals surface area contributed by atoms with Gasteiger partial charge in [0.15, 0.2) is 0 Å². The predicted molar refractivity (Wildman–Crippen MR) is 83.1 cm³/mol. The number of fused-ring (bicyclic) bond motifs is 1. The molecule has 26 heavy (non-hydrogen) atoms. The molecule has 1 fully saturated rings. The van der Waals surface area contributed by atoms with E-state index in [1.807, 2.05) is 0 Å². The number of halogens is 2. The van der Waals surface area contributed by atoms with Crippen molar-refractivity contribution in [2.75, 3.05) is 0 Å². The molecule has 0 bridgehead atoms. The van der Waals surface area contributed by atoms with E-state index in [1.54, 1.807) is 12.1 Å². The lowest BCUT2D eigenvalue weighted by Crippen LogP contribution is -2.56. The van der Waals surface area contributed by atoms with Crippen LogP contribution in [0.5, 0.6) is 0 Å². The van der Waals surface area contributed by atoms with Gasteiger partial charge in [0.1, 0.15) is 5.41 Å². The quantitative estimate of drug-likeness (QED) is 0.788. The smallest absolute Gasteiger partial charge is 0.329 e. The standard InChI is InChI=1S/C18H12F2N2O4/c19-18(20)9-17(10-18,11-5-7-21-8-6-11)16(25)26-22-14(23)12-3-1-2-4-13(12)15(22)24/h1-8H,9-10H2. The molecule has 2 amide bonds. The summed E-state index contributed by atoms with van der Waals surface area (Å²) in [7, 11) is 0. The fraction of sp³-hybridized carbons (Fsp3) is 0.222. The van der Waals surface area contributed by atoms with E-state index in [0.29, 0.717) is 10.6 Å². The number of carbonyl (C=O) groups is 3. The molecule has 4 rings (SSSR count). The Morgan fingerprint density at radius 2 is 1.54 bits per heavy atom. The lowest BCUT2D eigenvalue weighted by Gasteiger charge is -2.45. The molecule has 2 aromatic rings. The van der Waals surface area contributed by atoms with Crippen LogP contribution in [0.15, 0.2) is 48.8 Å². The molecule has 2 heterocycles. The molecule has 0 saturated heterocycles. The number of hydrogen-bond donors (Lipinski definition) is 0. The second-order valence-corrected chi connectivity index (χ2v) is 6.36. The number of aromatic nitrogens is 1. The molecule has 132 valence electrons. The Morgan fingerprint density at radius 1 is 1.00 bits per heavy atom. The first-order valence-electron chi connectivity index (χ1n) is 7.83. The molecule has 1 aromatic heterocycles. The molecular weight excluding hydrogens is 346 g/mol. The van der Waals surface area contributed by atoms with Crippen LogP contribution in [0.2, 0.25) is 0 Å². The summed E-state index contributed by atoms with van der Waals surface area (Å²) < 4.78 is 27.2. The van der Waals surface area contributed by atoms with Crippen LogP contribution < -0.4 is 0 Å². The van der Waals surface area contributed by atoms with Gasteiger partial charge in [-0.05, 0) is 29.8 Å². The SMILES string of the molecule is O=C1c2ccccc2C(=O)N1OC(=O)C1(c2ccncc2)CC(F)(F)C1. The summed E-state index contributed by atoms with van der Waals surface area (Å²) in [4.78, 5) is 46.2. The van der Waals surface area contributed by atoms with Gasteiger partial charge in [0.2, 0.25) is 0 Å². The first-order chi connectivity index (χ1) is 12.3. The summed E-state index contributed by atoms with van der Waals surface area (Å²) in [6.45, 7) is 0. The zero-order valence-electron chi connectivity index (χ0n) is 13.3. The Kier molecular flexibility index (Phi) is 3.40. The van der Waals surface area contributed by atoms with Crippen LogP contribution in [0.4, 0.5) is 8.78 Å². The van der Waals surface area contributed by atoms with E-state index in [9.17, 15) is 23.2 Å². The van der Waals surface area contributed by atoms with E-state index in [-0.39, 0.29) is 11.1 Å². The first-order valence-corrected chi connectivity index (χ1v) is 7.83. The number of carbonyl (C=O) groups excluding carboxylic acids is 3. The number of pyridine rings is 1. The highest BCUT2D eigenvalue weighted by molar-refractivity contribution is 6.21. The lowest BCUT2D eigenvalue weighted by atomic mass is 9.62.